The first-order chi connectivity index (χ1) is 12.4. The number of ether oxygens (including phenoxy) is 1. The molecule has 0 aliphatic rings. The second kappa shape index (κ2) is 8.99. The molecule has 26 heavy (non-hydrogen) atoms. The number of pyridine rings is 1. The van der Waals surface area contributed by atoms with Crippen molar-refractivity contribution in [2.45, 2.75) is 33.3 Å². The van der Waals surface area contributed by atoms with E-state index < -0.39 is 0 Å². The number of nitrogens with zero attached hydrogens (tertiary/aromatic N) is 2. The van der Waals surface area contributed by atoms with E-state index in [0.29, 0.717) is 11.4 Å². The molecule has 138 valence electrons. The number of anilines is 1. The first kappa shape index (κ1) is 19.4. The number of para-hydroxylation sites is 1. The van der Waals surface area contributed by atoms with Gasteiger partial charge >= 0.3 is 0 Å². The molecule has 2 aromatic rings. The van der Waals surface area contributed by atoms with E-state index in [9.17, 15) is 9.59 Å². The number of aryl methyl sites for hydroxylation is 1. The maximum atomic E-state index is 12.5. The number of rotatable bonds is 7. The van der Waals surface area contributed by atoms with Gasteiger partial charge in [0.25, 0.3) is 5.91 Å². The van der Waals surface area contributed by atoms with Crippen molar-refractivity contribution in [2.75, 3.05) is 18.9 Å². The summed E-state index contributed by atoms with van der Waals surface area (Å²) in [5.74, 6) is -0.0462. The van der Waals surface area contributed by atoms with Gasteiger partial charge in [-0.2, -0.15) is 0 Å². The van der Waals surface area contributed by atoms with E-state index in [1.165, 1.54) is 11.1 Å². The number of aromatic nitrogens is 1. The van der Waals surface area contributed by atoms with Gasteiger partial charge in [0.1, 0.15) is 0 Å². The van der Waals surface area contributed by atoms with Crippen LogP contribution < -0.4 is 10.1 Å². The molecule has 0 fully saturated rings. The van der Waals surface area contributed by atoms with Crippen LogP contribution in [0.1, 0.15) is 36.7 Å². The van der Waals surface area contributed by atoms with Crippen LogP contribution in [0.2, 0.25) is 0 Å². The zero-order valence-electron chi connectivity index (χ0n) is 15.7. The summed E-state index contributed by atoms with van der Waals surface area (Å²) in [6, 6.07) is 10.9. The third kappa shape index (κ3) is 5.31. The van der Waals surface area contributed by atoms with Crippen molar-refractivity contribution < 1.29 is 14.3 Å². The highest BCUT2D eigenvalue weighted by Gasteiger charge is 2.16. The van der Waals surface area contributed by atoms with Crippen molar-refractivity contribution >= 4 is 17.5 Å². The second-order valence-electron chi connectivity index (χ2n) is 6.27. The van der Waals surface area contributed by atoms with Crippen LogP contribution in [0.25, 0.3) is 0 Å². The van der Waals surface area contributed by atoms with Crippen LogP contribution in [0.5, 0.6) is 5.88 Å². The number of nitrogens with one attached hydrogen (secondary N) is 1. The lowest BCUT2D eigenvalue weighted by molar-refractivity contribution is -0.116. The Balaban J connectivity index is 1.96. The fraction of sp³-hybridized carbons (Fsp3) is 0.350. The number of carbonyl (C=O) groups excluding carboxylic acids is 2. The highest BCUT2D eigenvalue weighted by Crippen LogP contribution is 2.15. The van der Waals surface area contributed by atoms with Crippen LogP contribution >= 0.6 is 0 Å². The number of amides is 2. The van der Waals surface area contributed by atoms with E-state index in [1.807, 2.05) is 45.0 Å². The number of benzene rings is 1. The Kier molecular flexibility index (Phi) is 6.72. The summed E-state index contributed by atoms with van der Waals surface area (Å²) < 4.78 is 5.46. The van der Waals surface area contributed by atoms with Crippen LogP contribution in [0.4, 0.5) is 5.69 Å². The van der Waals surface area contributed by atoms with Crippen molar-refractivity contribution in [2.24, 2.45) is 0 Å². The van der Waals surface area contributed by atoms with Gasteiger partial charge in [0, 0.05) is 25.0 Å². The topological polar surface area (TPSA) is 71.5 Å². The predicted molar refractivity (Wildman–Crippen MR) is 101 cm³/mol. The Hall–Kier alpha value is -2.89. The maximum Gasteiger partial charge on any atom is 0.255 e. The molecular weight excluding hydrogens is 330 g/mol. The molecule has 6 heteroatoms. The first-order valence-electron chi connectivity index (χ1n) is 8.66. The number of likely N-dealkylation sites (N-methyl/N-ethyl adjacent to an activating group) is 1. The average molecular weight is 355 g/mol. The van der Waals surface area contributed by atoms with Crippen molar-refractivity contribution in [3.8, 4) is 5.88 Å². The van der Waals surface area contributed by atoms with E-state index in [1.54, 1.807) is 19.2 Å². The minimum Gasteiger partial charge on any atom is -0.475 e. The van der Waals surface area contributed by atoms with Gasteiger partial charge in [0.05, 0.1) is 18.2 Å². The minimum absolute atomic E-state index is 0.0152. The molecule has 0 aliphatic heterocycles. The Morgan fingerprint density at radius 1 is 1.19 bits per heavy atom. The van der Waals surface area contributed by atoms with Crippen molar-refractivity contribution in [3.05, 3.63) is 53.7 Å². The quantitative estimate of drug-likeness (QED) is 0.828. The van der Waals surface area contributed by atoms with Gasteiger partial charge in [-0.15, -0.1) is 0 Å². The van der Waals surface area contributed by atoms with E-state index in [4.69, 9.17) is 4.74 Å². The molecule has 0 bridgehead atoms. The standard InChI is InChI=1S/C20H25N3O3/c1-5-15-8-6-7-9-17(15)22-18(24)13-23(4)20(25)16-10-11-19(21-12-16)26-14(2)3/h6-12,14H,5,13H2,1-4H3,(H,22,24). The van der Waals surface area contributed by atoms with Gasteiger partial charge in [-0.3, -0.25) is 9.59 Å². The zero-order valence-corrected chi connectivity index (χ0v) is 15.7. The average Bonchev–Trinajstić information content (AvgIpc) is 2.61. The Morgan fingerprint density at radius 2 is 1.92 bits per heavy atom. The third-order valence-electron chi connectivity index (χ3n) is 3.74. The highest BCUT2D eigenvalue weighted by atomic mass is 16.5. The van der Waals surface area contributed by atoms with Crippen LogP contribution in [-0.2, 0) is 11.2 Å². The monoisotopic (exact) mass is 355 g/mol. The molecule has 2 rings (SSSR count). The molecule has 0 spiro atoms. The number of hydrogen-bond donors (Lipinski definition) is 1. The molecule has 2 amide bonds. The summed E-state index contributed by atoms with van der Waals surface area (Å²) >= 11 is 0. The fourth-order valence-electron chi connectivity index (χ4n) is 2.47. The molecule has 0 unspecified atom stereocenters. The Morgan fingerprint density at radius 3 is 2.54 bits per heavy atom. The van der Waals surface area contributed by atoms with E-state index >= 15 is 0 Å². The molecule has 1 aromatic carbocycles. The van der Waals surface area contributed by atoms with Crippen molar-refractivity contribution in [1.82, 2.24) is 9.88 Å². The summed E-state index contributed by atoms with van der Waals surface area (Å²) in [6.45, 7) is 5.80. The summed E-state index contributed by atoms with van der Waals surface area (Å²) in [7, 11) is 1.59. The third-order valence-corrected chi connectivity index (χ3v) is 3.74. The fourth-order valence-corrected chi connectivity index (χ4v) is 2.47. The molecule has 1 aromatic heterocycles. The summed E-state index contributed by atoms with van der Waals surface area (Å²) in [5, 5.41) is 2.86. The first-order valence-corrected chi connectivity index (χ1v) is 8.66. The summed E-state index contributed by atoms with van der Waals surface area (Å²) in [6.07, 6.45) is 2.30. The molecule has 0 aliphatic carbocycles. The van der Waals surface area contributed by atoms with Gasteiger partial charge < -0.3 is 15.0 Å². The molecule has 1 heterocycles. The summed E-state index contributed by atoms with van der Waals surface area (Å²) in [4.78, 5) is 30.2. The lowest BCUT2D eigenvalue weighted by Crippen LogP contribution is -2.35. The van der Waals surface area contributed by atoms with Crippen LogP contribution in [-0.4, -0.2) is 41.4 Å². The molecule has 0 saturated heterocycles. The largest absolute Gasteiger partial charge is 0.475 e. The van der Waals surface area contributed by atoms with Crippen molar-refractivity contribution in [1.29, 1.82) is 0 Å². The van der Waals surface area contributed by atoms with Crippen LogP contribution in [0, 0.1) is 0 Å². The SMILES string of the molecule is CCc1ccccc1NC(=O)CN(C)C(=O)c1ccc(OC(C)C)nc1. The molecule has 0 atom stereocenters. The van der Waals surface area contributed by atoms with Crippen LogP contribution in [0.3, 0.4) is 0 Å². The lowest BCUT2D eigenvalue weighted by atomic mass is 10.1. The summed E-state index contributed by atoms with van der Waals surface area (Å²) in [5.41, 5.74) is 2.24. The Bertz CT molecular complexity index is 757. The van der Waals surface area contributed by atoms with E-state index in [2.05, 4.69) is 10.3 Å². The van der Waals surface area contributed by atoms with Crippen molar-refractivity contribution in [3.63, 3.8) is 0 Å². The zero-order chi connectivity index (χ0) is 19.1. The predicted octanol–water partition coefficient (Wildman–Crippen LogP) is 3.14. The number of carbonyl (C=O) groups is 2. The molecule has 0 saturated carbocycles. The maximum absolute atomic E-state index is 12.5. The van der Waals surface area contributed by atoms with Gasteiger partial charge in [-0.1, -0.05) is 25.1 Å². The smallest absolute Gasteiger partial charge is 0.255 e. The molecule has 6 nitrogen and oxygen atoms in total. The van der Waals surface area contributed by atoms with E-state index in [0.717, 1.165) is 17.7 Å². The normalized spacial score (nSPS) is 10.5. The highest BCUT2D eigenvalue weighted by molar-refractivity contribution is 5.99. The molecular formula is C20H25N3O3. The second-order valence-corrected chi connectivity index (χ2v) is 6.27. The lowest BCUT2D eigenvalue weighted by Gasteiger charge is -2.18. The van der Waals surface area contributed by atoms with Gasteiger partial charge in [-0.25, -0.2) is 4.98 Å². The Labute approximate surface area is 154 Å². The molecule has 1 N–H and O–H groups in total. The minimum atomic E-state index is -0.271. The number of hydrogen-bond acceptors (Lipinski definition) is 4. The van der Waals surface area contributed by atoms with Crippen LogP contribution in [0.15, 0.2) is 42.6 Å². The van der Waals surface area contributed by atoms with E-state index in [-0.39, 0.29) is 24.5 Å². The van der Waals surface area contributed by atoms with Gasteiger partial charge in [0.15, 0.2) is 0 Å². The molecule has 0 radical (unpaired) electrons. The van der Waals surface area contributed by atoms with Gasteiger partial charge in [0.2, 0.25) is 11.8 Å². The van der Waals surface area contributed by atoms with Gasteiger partial charge in [-0.05, 0) is 38.0 Å².